The van der Waals surface area contributed by atoms with Crippen molar-refractivity contribution in [3.8, 4) is 5.75 Å². The molecule has 1 aromatic carbocycles. The second-order valence-electron chi connectivity index (χ2n) is 5.30. The lowest BCUT2D eigenvalue weighted by molar-refractivity contribution is -0.123. The topological polar surface area (TPSA) is 75.7 Å². The van der Waals surface area contributed by atoms with Crippen molar-refractivity contribution in [1.29, 1.82) is 0 Å². The van der Waals surface area contributed by atoms with Crippen LogP contribution < -0.4 is 10.1 Å². The molecule has 0 heterocycles. The molecule has 22 heavy (non-hydrogen) atoms. The number of rotatable bonds is 8. The zero-order valence-corrected chi connectivity index (χ0v) is 14.4. The van der Waals surface area contributed by atoms with E-state index in [2.05, 4.69) is 5.32 Å². The Hall–Kier alpha value is -1.60. The Labute approximate surface area is 132 Å². The molecule has 0 saturated heterocycles. The van der Waals surface area contributed by atoms with Gasteiger partial charge in [0.1, 0.15) is 5.75 Å². The molecule has 0 aromatic heterocycles. The molecular weight excluding hydrogens is 304 g/mol. The Morgan fingerprint density at radius 1 is 1.27 bits per heavy atom. The zero-order chi connectivity index (χ0) is 16.8. The number of carbonyl (C=O) groups is 1. The highest BCUT2D eigenvalue weighted by atomic mass is 32.2. The van der Waals surface area contributed by atoms with Crippen LogP contribution in [0.2, 0.25) is 0 Å². The minimum atomic E-state index is -3.16. The van der Waals surface area contributed by atoms with Gasteiger partial charge in [0.2, 0.25) is 10.0 Å². The standard InChI is InChI=1S/C15H24N2O4S/c1-12-7-5-8-13(2)15(12)21-11-14(18)16-9-6-10-17(3)22(4,19)20/h5,7-8H,6,9-11H2,1-4H3,(H,16,18). The number of nitrogens with one attached hydrogen (secondary N) is 1. The summed E-state index contributed by atoms with van der Waals surface area (Å²) < 4.78 is 29.2. The Morgan fingerprint density at radius 2 is 1.86 bits per heavy atom. The summed E-state index contributed by atoms with van der Waals surface area (Å²) >= 11 is 0. The number of carbonyl (C=O) groups excluding carboxylic acids is 1. The van der Waals surface area contributed by atoms with Crippen molar-refractivity contribution < 1.29 is 17.9 Å². The fourth-order valence-corrected chi connectivity index (χ4v) is 2.37. The largest absolute Gasteiger partial charge is 0.483 e. The van der Waals surface area contributed by atoms with Crippen LogP contribution in [0.15, 0.2) is 18.2 Å². The summed E-state index contributed by atoms with van der Waals surface area (Å²) in [5, 5.41) is 2.71. The molecule has 0 fully saturated rings. The van der Waals surface area contributed by atoms with Crippen LogP contribution in [0.4, 0.5) is 0 Å². The lowest BCUT2D eigenvalue weighted by atomic mass is 10.1. The van der Waals surface area contributed by atoms with Gasteiger partial charge >= 0.3 is 0 Å². The highest BCUT2D eigenvalue weighted by molar-refractivity contribution is 7.88. The van der Waals surface area contributed by atoms with Crippen LogP contribution in [0.1, 0.15) is 17.5 Å². The molecule has 0 aliphatic heterocycles. The Morgan fingerprint density at radius 3 is 2.41 bits per heavy atom. The quantitative estimate of drug-likeness (QED) is 0.725. The van der Waals surface area contributed by atoms with E-state index in [0.717, 1.165) is 23.1 Å². The van der Waals surface area contributed by atoms with Crippen LogP contribution in [0.25, 0.3) is 0 Å². The van der Waals surface area contributed by atoms with Gasteiger partial charge in [-0.2, -0.15) is 0 Å². The van der Waals surface area contributed by atoms with Gasteiger partial charge in [-0.25, -0.2) is 12.7 Å². The molecule has 1 amide bonds. The molecule has 0 aliphatic carbocycles. The number of amides is 1. The summed E-state index contributed by atoms with van der Waals surface area (Å²) in [4.78, 5) is 11.7. The molecule has 7 heteroatoms. The van der Waals surface area contributed by atoms with Gasteiger partial charge in [0.05, 0.1) is 6.26 Å². The number of hydrogen-bond acceptors (Lipinski definition) is 4. The third-order valence-corrected chi connectivity index (χ3v) is 4.61. The van der Waals surface area contributed by atoms with Crippen LogP contribution in [-0.2, 0) is 14.8 Å². The van der Waals surface area contributed by atoms with Gasteiger partial charge in [0.25, 0.3) is 5.91 Å². The summed E-state index contributed by atoms with van der Waals surface area (Å²) in [5.41, 5.74) is 1.98. The molecule has 0 spiro atoms. The third-order valence-electron chi connectivity index (χ3n) is 3.29. The van der Waals surface area contributed by atoms with Crippen molar-refractivity contribution in [1.82, 2.24) is 9.62 Å². The first-order valence-corrected chi connectivity index (χ1v) is 8.93. The molecule has 0 saturated carbocycles. The molecule has 6 nitrogen and oxygen atoms in total. The fourth-order valence-electron chi connectivity index (χ4n) is 1.91. The first-order valence-electron chi connectivity index (χ1n) is 7.09. The minimum absolute atomic E-state index is 0.0480. The van der Waals surface area contributed by atoms with E-state index in [1.165, 1.54) is 11.4 Å². The number of sulfonamides is 1. The van der Waals surface area contributed by atoms with Crippen molar-refractivity contribution in [2.24, 2.45) is 0 Å². The van der Waals surface area contributed by atoms with Gasteiger partial charge in [-0.1, -0.05) is 18.2 Å². The van der Waals surface area contributed by atoms with Crippen LogP contribution in [0.5, 0.6) is 5.75 Å². The zero-order valence-electron chi connectivity index (χ0n) is 13.5. The van der Waals surface area contributed by atoms with Crippen molar-refractivity contribution in [2.45, 2.75) is 20.3 Å². The molecule has 0 bridgehead atoms. The van der Waals surface area contributed by atoms with E-state index in [1.54, 1.807) is 0 Å². The SMILES string of the molecule is Cc1cccc(C)c1OCC(=O)NCCCN(C)S(C)(=O)=O. The van der Waals surface area contributed by atoms with E-state index in [0.29, 0.717) is 19.5 Å². The summed E-state index contributed by atoms with van der Waals surface area (Å²) in [6.45, 7) is 4.60. The molecule has 0 unspecified atom stereocenters. The highest BCUT2D eigenvalue weighted by Crippen LogP contribution is 2.21. The molecule has 1 aromatic rings. The van der Waals surface area contributed by atoms with E-state index in [9.17, 15) is 13.2 Å². The predicted octanol–water partition coefficient (Wildman–Crippen LogP) is 1.08. The molecule has 0 radical (unpaired) electrons. The Balaban J connectivity index is 2.30. The second-order valence-corrected chi connectivity index (χ2v) is 7.39. The number of hydrogen-bond donors (Lipinski definition) is 1. The maximum absolute atomic E-state index is 11.7. The molecule has 1 rings (SSSR count). The first-order chi connectivity index (χ1) is 10.2. The minimum Gasteiger partial charge on any atom is -0.483 e. The van der Waals surface area contributed by atoms with Crippen molar-refractivity contribution in [2.75, 3.05) is 33.0 Å². The molecular formula is C15H24N2O4S. The van der Waals surface area contributed by atoms with E-state index < -0.39 is 10.0 Å². The summed E-state index contributed by atoms with van der Waals surface area (Å²) in [6, 6.07) is 5.80. The van der Waals surface area contributed by atoms with Gasteiger partial charge < -0.3 is 10.1 Å². The maximum atomic E-state index is 11.7. The predicted molar refractivity (Wildman–Crippen MR) is 86.5 cm³/mol. The normalized spacial score (nSPS) is 11.5. The lowest BCUT2D eigenvalue weighted by Crippen LogP contribution is -2.33. The van der Waals surface area contributed by atoms with E-state index in [-0.39, 0.29) is 12.5 Å². The maximum Gasteiger partial charge on any atom is 0.257 e. The van der Waals surface area contributed by atoms with Gasteiger partial charge in [-0.05, 0) is 31.4 Å². The smallest absolute Gasteiger partial charge is 0.257 e. The molecule has 124 valence electrons. The highest BCUT2D eigenvalue weighted by Gasteiger charge is 2.10. The number of aryl methyl sites for hydroxylation is 2. The molecule has 1 N–H and O–H groups in total. The van der Waals surface area contributed by atoms with Crippen molar-refractivity contribution >= 4 is 15.9 Å². The van der Waals surface area contributed by atoms with Crippen LogP contribution in [0, 0.1) is 13.8 Å². The summed E-state index contributed by atoms with van der Waals surface area (Å²) in [6.07, 6.45) is 1.71. The van der Waals surface area contributed by atoms with E-state index >= 15 is 0 Å². The second kappa shape index (κ2) is 8.14. The van der Waals surface area contributed by atoms with Crippen LogP contribution in [-0.4, -0.2) is 51.6 Å². The Kier molecular flexibility index (Phi) is 6.83. The molecule has 0 aliphatic rings. The fraction of sp³-hybridized carbons (Fsp3) is 0.533. The lowest BCUT2D eigenvalue weighted by Gasteiger charge is -2.14. The monoisotopic (exact) mass is 328 g/mol. The van der Waals surface area contributed by atoms with Gasteiger partial charge in [0.15, 0.2) is 6.61 Å². The average molecular weight is 328 g/mol. The number of nitrogens with zero attached hydrogens (tertiary/aromatic N) is 1. The van der Waals surface area contributed by atoms with Crippen LogP contribution >= 0.6 is 0 Å². The number of benzene rings is 1. The average Bonchev–Trinajstić information content (AvgIpc) is 2.41. The van der Waals surface area contributed by atoms with Gasteiger partial charge in [-0.3, -0.25) is 4.79 Å². The number of ether oxygens (including phenoxy) is 1. The first kappa shape index (κ1) is 18.4. The summed E-state index contributed by atoms with van der Waals surface area (Å²) in [5.74, 6) is 0.513. The van der Waals surface area contributed by atoms with Gasteiger partial charge in [0, 0.05) is 20.1 Å². The van der Waals surface area contributed by atoms with Crippen molar-refractivity contribution in [3.63, 3.8) is 0 Å². The van der Waals surface area contributed by atoms with Gasteiger partial charge in [-0.15, -0.1) is 0 Å². The Bertz CT molecular complexity index is 594. The van der Waals surface area contributed by atoms with Crippen LogP contribution in [0.3, 0.4) is 0 Å². The number of para-hydroxylation sites is 1. The third kappa shape index (κ3) is 6.03. The molecule has 0 atom stereocenters. The van der Waals surface area contributed by atoms with E-state index in [4.69, 9.17) is 4.74 Å². The summed E-state index contributed by atoms with van der Waals surface area (Å²) in [7, 11) is -1.65. The van der Waals surface area contributed by atoms with E-state index in [1.807, 2.05) is 32.0 Å². The van der Waals surface area contributed by atoms with Crippen molar-refractivity contribution in [3.05, 3.63) is 29.3 Å².